The topological polar surface area (TPSA) is 50.4 Å². The summed E-state index contributed by atoms with van der Waals surface area (Å²) in [6.07, 6.45) is 2.24. The lowest BCUT2D eigenvalue weighted by molar-refractivity contribution is -0.127. The molecular formula is C9H17IN2O2. The molecule has 0 aromatic carbocycles. The maximum atomic E-state index is 11.4. The number of halogens is 1. The Kier molecular flexibility index (Phi) is 5.11. The molecule has 3 atom stereocenters. The molecule has 0 unspecified atom stereocenters. The van der Waals surface area contributed by atoms with Gasteiger partial charge in [-0.15, -0.1) is 0 Å². The second-order valence-corrected chi connectivity index (χ2v) is 4.19. The SMILES string of the molecule is CO[C@@H]([C@@H]1CCCN1)[C@@H](C)C(=O)NI. The lowest BCUT2D eigenvalue weighted by Gasteiger charge is -2.26. The number of carbonyl (C=O) groups is 1. The third-order valence-corrected chi connectivity index (χ3v) is 3.30. The monoisotopic (exact) mass is 312 g/mol. The normalized spacial score (nSPS) is 25.8. The van der Waals surface area contributed by atoms with E-state index >= 15 is 0 Å². The van der Waals surface area contributed by atoms with Crippen molar-refractivity contribution in [2.45, 2.75) is 31.9 Å². The van der Waals surface area contributed by atoms with Crippen molar-refractivity contribution >= 4 is 28.8 Å². The van der Waals surface area contributed by atoms with Crippen molar-refractivity contribution in [2.24, 2.45) is 5.92 Å². The molecule has 0 aliphatic carbocycles. The molecule has 0 aromatic heterocycles. The summed E-state index contributed by atoms with van der Waals surface area (Å²) in [6, 6.07) is 0.323. The number of amides is 1. The minimum atomic E-state index is -0.104. The van der Waals surface area contributed by atoms with Crippen LogP contribution in [0, 0.1) is 5.92 Å². The number of hydrogen-bond acceptors (Lipinski definition) is 3. The minimum absolute atomic E-state index is 0.0211. The average Bonchev–Trinajstić information content (AvgIpc) is 2.71. The molecule has 0 radical (unpaired) electrons. The van der Waals surface area contributed by atoms with Crippen LogP contribution in [0.5, 0.6) is 0 Å². The zero-order valence-electron chi connectivity index (χ0n) is 8.55. The van der Waals surface area contributed by atoms with Gasteiger partial charge in [-0.05, 0) is 19.4 Å². The molecule has 4 nitrogen and oxygen atoms in total. The summed E-state index contributed by atoms with van der Waals surface area (Å²) < 4.78 is 8.02. The molecule has 0 bridgehead atoms. The predicted molar refractivity (Wildman–Crippen MR) is 63.1 cm³/mol. The number of methoxy groups -OCH3 is 1. The number of ether oxygens (including phenoxy) is 1. The number of hydrogen-bond donors (Lipinski definition) is 2. The van der Waals surface area contributed by atoms with Crippen LogP contribution in [0.25, 0.3) is 0 Å². The largest absolute Gasteiger partial charge is 0.379 e. The van der Waals surface area contributed by atoms with Gasteiger partial charge in [-0.2, -0.15) is 0 Å². The standard InChI is InChI=1S/C9H17IN2O2/c1-6(9(13)12-10)8(14-2)7-4-3-5-11-7/h6-8,11H,3-5H2,1-2H3,(H,12,13)/t6-,7+,8-/m1/s1. The summed E-state index contributed by atoms with van der Waals surface area (Å²) in [6.45, 7) is 2.94. The van der Waals surface area contributed by atoms with Crippen LogP contribution >= 0.6 is 22.9 Å². The van der Waals surface area contributed by atoms with E-state index in [2.05, 4.69) is 8.85 Å². The first-order valence-corrected chi connectivity index (χ1v) is 5.95. The van der Waals surface area contributed by atoms with Crippen LogP contribution in [0.2, 0.25) is 0 Å². The lowest BCUT2D eigenvalue weighted by atomic mass is 9.96. The van der Waals surface area contributed by atoms with Crippen LogP contribution < -0.4 is 8.85 Å². The Morgan fingerprint density at radius 1 is 1.71 bits per heavy atom. The van der Waals surface area contributed by atoms with Crippen molar-refractivity contribution < 1.29 is 9.53 Å². The Bertz CT molecular complexity index is 195. The lowest BCUT2D eigenvalue weighted by Crippen LogP contribution is -2.44. The van der Waals surface area contributed by atoms with E-state index < -0.39 is 0 Å². The molecule has 1 rings (SSSR count). The zero-order valence-corrected chi connectivity index (χ0v) is 10.7. The van der Waals surface area contributed by atoms with Crippen molar-refractivity contribution in [3.05, 3.63) is 0 Å². The number of nitrogens with one attached hydrogen (secondary N) is 2. The molecule has 0 spiro atoms. The highest BCUT2D eigenvalue weighted by atomic mass is 127. The fourth-order valence-corrected chi connectivity index (χ4v) is 2.44. The van der Waals surface area contributed by atoms with Gasteiger partial charge in [-0.25, -0.2) is 0 Å². The van der Waals surface area contributed by atoms with E-state index in [0.717, 1.165) is 13.0 Å². The molecule has 1 heterocycles. The molecule has 1 aliphatic rings. The van der Waals surface area contributed by atoms with Crippen molar-refractivity contribution in [3.63, 3.8) is 0 Å². The van der Waals surface area contributed by atoms with Crippen LogP contribution in [0.3, 0.4) is 0 Å². The quantitative estimate of drug-likeness (QED) is 0.598. The van der Waals surface area contributed by atoms with Gasteiger partial charge in [0, 0.05) is 13.2 Å². The smallest absolute Gasteiger partial charge is 0.234 e. The van der Waals surface area contributed by atoms with Crippen LogP contribution in [0.1, 0.15) is 19.8 Å². The van der Waals surface area contributed by atoms with Gasteiger partial charge in [0.25, 0.3) is 0 Å². The molecular weight excluding hydrogens is 295 g/mol. The molecule has 5 heteroatoms. The van der Waals surface area contributed by atoms with Gasteiger partial charge in [0.1, 0.15) is 0 Å². The summed E-state index contributed by atoms with van der Waals surface area (Å²) >= 11 is 1.87. The number of carbonyl (C=O) groups excluding carboxylic acids is 1. The van der Waals surface area contributed by atoms with E-state index in [0.29, 0.717) is 6.04 Å². The summed E-state index contributed by atoms with van der Waals surface area (Å²) in [5.41, 5.74) is 0. The van der Waals surface area contributed by atoms with Gasteiger partial charge < -0.3 is 10.1 Å². The van der Waals surface area contributed by atoms with Crippen molar-refractivity contribution in [1.82, 2.24) is 8.85 Å². The maximum Gasteiger partial charge on any atom is 0.234 e. The Morgan fingerprint density at radius 3 is 2.86 bits per heavy atom. The van der Waals surface area contributed by atoms with Gasteiger partial charge >= 0.3 is 0 Å². The Balaban J connectivity index is 2.55. The molecule has 1 aliphatic heterocycles. The highest BCUT2D eigenvalue weighted by molar-refractivity contribution is 14.1. The van der Waals surface area contributed by atoms with Crippen LogP contribution in [0.4, 0.5) is 0 Å². The predicted octanol–water partition coefficient (Wildman–Crippen LogP) is 0.856. The van der Waals surface area contributed by atoms with Gasteiger partial charge in [0.05, 0.1) is 34.9 Å². The highest BCUT2D eigenvalue weighted by Gasteiger charge is 2.32. The van der Waals surface area contributed by atoms with E-state index in [9.17, 15) is 4.79 Å². The summed E-state index contributed by atoms with van der Waals surface area (Å²) in [7, 11) is 1.67. The summed E-state index contributed by atoms with van der Waals surface area (Å²) in [5, 5.41) is 3.36. The van der Waals surface area contributed by atoms with Crippen molar-refractivity contribution in [3.8, 4) is 0 Å². The summed E-state index contributed by atoms with van der Waals surface area (Å²) in [4.78, 5) is 11.4. The van der Waals surface area contributed by atoms with Crippen molar-refractivity contribution in [1.29, 1.82) is 0 Å². The second kappa shape index (κ2) is 5.87. The molecule has 1 fully saturated rings. The summed E-state index contributed by atoms with van der Waals surface area (Å²) in [5.74, 6) is -0.0707. The fraction of sp³-hybridized carbons (Fsp3) is 0.889. The molecule has 1 amide bonds. The van der Waals surface area contributed by atoms with Gasteiger partial charge in [-0.1, -0.05) is 6.92 Å². The molecule has 14 heavy (non-hydrogen) atoms. The molecule has 0 aromatic rings. The van der Waals surface area contributed by atoms with Crippen LogP contribution in [-0.2, 0) is 9.53 Å². The average molecular weight is 312 g/mol. The van der Waals surface area contributed by atoms with Gasteiger partial charge in [0.2, 0.25) is 5.91 Å². The van der Waals surface area contributed by atoms with E-state index in [-0.39, 0.29) is 17.9 Å². The third-order valence-electron chi connectivity index (χ3n) is 2.77. The molecule has 82 valence electrons. The minimum Gasteiger partial charge on any atom is -0.379 e. The molecule has 2 N–H and O–H groups in total. The Morgan fingerprint density at radius 2 is 2.43 bits per heavy atom. The highest BCUT2D eigenvalue weighted by Crippen LogP contribution is 2.18. The van der Waals surface area contributed by atoms with E-state index in [4.69, 9.17) is 4.74 Å². The van der Waals surface area contributed by atoms with E-state index in [1.807, 2.05) is 29.8 Å². The van der Waals surface area contributed by atoms with Crippen molar-refractivity contribution in [2.75, 3.05) is 13.7 Å². The van der Waals surface area contributed by atoms with E-state index in [1.165, 1.54) is 6.42 Å². The fourth-order valence-electron chi connectivity index (χ4n) is 1.94. The first-order chi connectivity index (χ1) is 6.70. The first kappa shape index (κ1) is 12.2. The number of rotatable bonds is 4. The molecule has 1 saturated heterocycles. The van der Waals surface area contributed by atoms with Gasteiger partial charge in [-0.3, -0.25) is 8.32 Å². The Labute approximate surface area is 98.6 Å². The van der Waals surface area contributed by atoms with Crippen LogP contribution in [0.15, 0.2) is 0 Å². The maximum absolute atomic E-state index is 11.4. The van der Waals surface area contributed by atoms with Crippen LogP contribution in [-0.4, -0.2) is 31.7 Å². The van der Waals surface area contributed by atoms with E-state index in [1.54, 1.807) is 7.11 Å². The first-order valence-electron chi connectivity index (χ1n) is 4.87. The zero-order chi connectivity index (χ0) is 10.6. The van der Waals surface area contributed by atoms with Gasteiger partial charge in [0.15, 0.2) is 0 Å². The second-order valence-electron chi connectivity index (χ2n) is 3.65. The molecule has 0 saturated carbocycles. The Hall–Kier alpha value is 0.120. The third kappa shape index (κ3) is 2.80.